The van der Waals surface area contributed by atoms with E-state index in [4.69, 9.17) is 16.3 Å². The molecule has 0 N–H and O–H groups in total. The fourth-order valence-corrected chi connectivity index (χ4v) is 2.61. The number of methoxy groups -OCH3 is 1. The minimum absolute atomic E-state index is 0.179. The molecule has 0 aliphatic carbocycles. The van der Waals surface area contributed by atoms with Crippen molar-refractivity contribution >= 4 is 32.9 Å². The average molecular weight is 282 g/mol. The van der Waals surface area contributed by atoms with E-state index in [0.29, 0.717) is 6.54 Å². The zero-order valence-corrected chi connectivity index (χ0v) is 11.6. The second kappa shape index (κ2) is 7.02. The Balaban J connectivity index is 2.71. The van der Waals surface area contributed by atoms with Gasteiger partial charge in [-0.1, -0.05) is 11.6 Å². The lowest BCUT2D eigenvalue weighted by atomic mass is 9.99. The Morgan fingerprint density at radius 3 is 2.82 bits per heavy atom. The zero-order valence-electron chi connectivity index (χ0n) is 9.73. The number of hydrogen-bond donors (Lipinski definition) is 0. The number of ether oxygens (including phenoxy) is 2. The van der Waals surface area contributed by atoms with Gasteiger partial charge in [0.25, 0.3) is 0 Å². The highest BCUT2D eigenvalue weighted by atomic mass is 35.5. The summed E-state index contributed by atoms with van der Waals surface area (Å²) >= 11 is 5.37. The molecule has 1 heterocycles. The highest BCUT2D eigenvalue weighted by molar-refractivity contribution is 7.19. The third-order valence-electron chi connectivity index (χ3n) is 2.85. The smallest absolute Gasteiger partial charge is 0.411 e. The summed E-state index contributed by atoms with van der Waals surface area (Å²) in [5.41, 5.74) is -0.428. The van der Waals surface area contributed by atoms with Crippen molar-refractivity contribution in [2.45, 2.75) is 31.0 Å². The lowest BCUT2D eigenvalue weighted by molar-refractivity contribution is -0.141. The third kappa shape index (κ3) is 3.71. The number of carbonyl (C=O) groups is 2. The monoisotopic (exact) mass is 281 g/mol. The van der Waals surface area contributed by atoms with Gasteiger partial charge in [0.1, 0.15) is 0 Å². The van der Waals surface area contributed by atoms with Crippen molar-refractivity contribution in [2.24, 2.45) is 0 Å². The number of esters is 1. The Morgan fingerprint density at radius 1 is 1.53 bits per heavy atom. The van der Waals surface area contributed by atoms with Gasteiger partial charge in [0.15, 0.2) is 6.07 Å². The van der Waals surface area contributed by atoms with Gasteiger partial charge in [-0.25, -0.2) is 4.79 Å². The van der Waals surface area contributed by atoms with E-state index in [1.807, 2.05) is 0 Å². The molecule has 3 atom stereocenters. The predicted molar refractivity (Wildman–Crippen MR) is 67.1 cm³/mol. The van der Waals surface area contributed by atoms with Crippen molar-refractivity contribution in [3.05, 3.63) is 0 Å². The van der Waals surface area contributed by atoms with Gasteiger partial charge in [-0.15, -0.1) is 9.24 Å². The molecule has 17 heavy (non-hydrogen) atoms. The maximum atomic E-state index is 11.7. The van der Waals surface area contributed by atoms with Crippen LogP contribution in [0.15, 0.2) is 0 Å². The van der Waals surface area contributed by atoms with Crippen LogP contribution in [0.25, 0.3) is 0 Å². The first-order valence-corrected chi connectivity index (χ1v) is 6.64. The van der Waals surface area contributed by atoms with Gasteiger partial charge in [0.2, 0.25) is 0 Å². The van der Waals surface area contributed by atoms with E-state index in [2.05, 4.69) is 14.0 Å². The average Bonchev–Trinajstić information content (AvgIpc) is 2.37. The van der Waals surface area contributed by atoms with E-state index in [1.165, 1.54) is 7.11 Å². The number of rotatable bonds is 3. The molecule has 0 aromatic carbocycles. The van der Waals surface area contributed by atoms with Crippen molar-refractivity contribution < 1.29 is 19.1 Å². The molecule has 1 amide bonds. The fraction of sp³-hybridized carbons (Fsp3) is 0.800. The molecule has 1 aliphatic heterocycles. The highest BCUT2D eigenvalue weighted by Crippen LogP contribution is 2.25. The molecule has 1 fully saturated rings. The molecule has 0 saturated carbocycles. The minimum Gasteiger partial charge on any atom is -0.468 e. The number of nitrogens with zero attached hydrogens (tertiary/aromatic N) is 1. The maximum absolute atomic E-state index is 11.7. The van der Waals surface area contributed by atoms with Crippen LogP contribution in [-0.4, -0.2) is 48.4 Å². The molecule has 1 saturated heterocycles. The first kappa shape index (κ1) is 14.5. The van der Waals surface area contributed by atoms with Crippen LogP contribution in [0.5, 0.6) is 0 Å². The summed E-state index contributed by atoms with van der Waals surface area (Å²) < 4.78 is 9.45. The highest BCUT2D eigenvalue weighted by Gasteiger charge is 2.35. The van der Waals surface area contributed by atoms with Gasteiger partial charge < -0.3 is 14.4 Å². The predicted octanol–water partition coefficient (Wildman–Crippen LogP) is 1.59. The summed E-state index contributed by atoms with van der Waals surface area (Å²) in [7, 11) is 3.77. The lowest BCUT2D eigenvalue weighted by Crippen LogP contribution is -2.50. The van der Waals surface area contributed by atoms with Gasteiger partial charge in [0.05, 0.1) is 18.8 Å². The number of piperidine rings is 1. The normalized spacial score (nSPS) is 21.8. The van der Waals surface area contributed by atoms with E-state index in [0.717, 1.165) is 19.3 Å². The van der Waals surface area contributed by atoms with Crippen LogP contribution in [0, 0.1) is 0 Å². The van der Waals surface area contributed by atoms with Gasteiger partial charge in [-0.3, -0.25) is 4.79 Å². The van der Waals surface area contributed by atoms with E-state index < -0.39 is 11.8 Å². The topological polar surface area (TPSA) is 55.8 Å². The zero-order chi connectivity index (χ0) is 12.8. The van der Waals surface area contributed by atoms with Crippen LogP contribution in [0.2, 0.25) is 0 Å². The van der Waals surface area contributed by atoms with Crippen LogP contribution in [0.3, 0.4) is 0 Å². The molecule has 0 radical (unpaired) electrons. The Morgan fingerprint density at radius 2 is 2.24 bits per heavy atom. The van der Waals surface area contributed by atoms with Crippen LogP contribution in [-0.2, 0) is 14.3 Å². The Hall–Kier alpha value is -0.540. The molecule has 1 aliphatic rings. The van der Waals surface area contributed by atoms with Crippen molar-refractivity contribution in [3.8, 4) is 0 Å². The van der Waals surface area contributed by atoms with Crippen LogP contribution < -0.4 is 0 Å². The lowest BCUT2D eigenvalue weighted by Gasteiger charge is -2.37. The molecule has 0 aromatic heterocycles. The number of hydrogen-bond acceptors (Lipinski definition) is 4. The SMILES string of the molecule is COC(=O)[C@H](P)[C@H]1CCCCN1C(=O)OCCl. The fourth-order valence-electron chi connectivity index (χ4n) is 1.98. The first-order valence-electron chi connectivity index (χ1n) is 5.44. The molecular formula is C10H17ClNO4P. The minimum atomic E-state index is -0.471. The third-order valence-corrected chi connectivity index (χ3v) is 3.68. The summed E-state index contributed by atoms with van der Waals surface area (Å²) in [6, 6.07) is -0.376. The summed E-state index contributed by atoms with van der Waals surface area (Å²) in [5, 5.41) is 0. The summed E-state index contributed by atoms with van der Waals surface area (Å²) in [4.78, 5) is 24.7. The summed E-state index contributed by atoms with van der Waals surface area (Å²) in [6.45, 7) is 0.586. The quantitative estimate of drug-likeness (QED) is 0.448. The number of carbonyl (C=O) groups excluding carboxylic acids is 2. The molecule has 98 valence electrons. The Kier molecular flexibility index (Phi) is 6.00. The molecule has 7 heteroatoms. The molecular weight excluding hydrogens is 265 g/mol. The largest absolute Gasteiger partial charge is 0.468 e. The van der Waals surface area contributed by atoms with Gasteiger partial charge in [-0.2, -0.15) is 0 Å². The van der Waals surface area contributed by atoms with Crippen LogP contribution in [0.1, 0.15) is 19.3 Å². The van der Waals surface area contributed by atoms with E-state index in [9.17, 15) is 9.59 Å². The van der Waals surface area contributed by atoms with Crippen molar-refractivity contribution in [1.82, 2.24) is 4.90 Å². The van der Waals surface area contributed by atoms with E-state index in [1.54, 1.807) is 4.90 Å². The van der Waals surface area contributed by atoms with Crippen LogP contribution >= 0.6 is 20.8 Å². The summed E-state index contributed by atoms with van der Waals surface area (Å²) in [6.07, 6.45) is 2.19. The van der Waals surface area contributed by atoms with Crippen LogP contribution in [0.4, 0.5) is 4.79 Å². The molecule has 0 bridgehead atoms. The Labute approximate surface area is 108 Å². The Bertz CT molecular complexity index is 289. The summed E-state index contributed by atoms with van der Waals surface area (Å²) in [5.74, 6) is -0.342. The van der Waals surface area contributed by atoms with Gasteiger partial charge >= 0.3 is 12.1 Å². The first-order chi connectivity index (χ1) is 8.11. The number of alkyl halides is 1. The molecule has 0 spiro atoms. The molecule has 1 unspecified atom stereocenters. The van der Waals surface area contributed by atoms with E-state index >= 15 is 0 Å². The van der Waals surface area contributed by atoms with E-state index in [-0.39, 0.29) is 18.1 Å². The van der Waals surface area contributed by atoms with Crippen molar-refractivity contribution in [1.29, 1.82) is 0 Å². The number of likely N-dealkylation sites (tertiary alicyclic amines) is 1. The molecule has 1 rings (SSSR count). The number of amides is 1. The second-order valence-electron chi connectivity index (χ2n) is 3.82. The van der Waals surface area contributed by atoms with Crippen molar-refractivity contribution in [3.63, 3.8) is 0 Å². The maximum Gasteiger partial charge on any atom is 0.411 e. The van der Waals surface area contributed by atoms with Crippen molar-refractivity contribution in [2.75, 3.05) is 19.7 Å². The number of halogens is 1. The standard InChI is InChI=1S/C10H17ClNO4P/c1-15-9(13)8(17)7-4-2-3-5-12(7)10(14)16-6-11/h7-8H,2-6,17H2,1H3/t7-,8-/m1/s1. The second-order valence-corrected chi connectivity index (χ2v) is 4.76. The van der Waals surface area contributed by atoms with Gasteiger partial charge in [0, 0.05) is 6.54 Å². The molecule has 0 aromatic rings. The molecule has 5 nitrogen and oxygen atoms in total. The van der Waals surface area contributed by atoms with Gasteiger partial charge in [-0.05, 0) is 19.3 Å².